The molecule has 1 aliphatic heterocycles. The van der Waals surface area contributed by atoms with Gasteiger partial charge >= 0.3 is 0 Å². The second-order valence-corrected chi connectivity index (χ2v) is 5.55. The molecule has 4 rings (SSSR count). The molecule has 0 saturated carbocycles. The average Bonchev–Trinajstić information content (AvgIpc) is 3.11. The number of furan rings is 1. The van der Waals surface area contributed by atoms with E-state index in [1.165, 1.54) is 0 Å². The van der Waals surface area contributed by atoms with Crippen molar-refractivity contribution in [1.29, 1.82) is 0 Å². The minimum Gasteiger partial charge on any atom is -0.461 e. The van der Waals surface area contributed by atoms with Gasteiger partial charge in [-0.15, -0.1) is 0 Å². The van der Waals surface area contributed by atoms with E-state index in [9.17, 15) is 0 Å². The molecule has 0 radical (unpaired) electrons. The lowest BCUT2D eigenvalue weighted by atomic mass is 10.1. The van der Waals surface area contributed by atoms with E-state index in [2.05, 4.69) is 24.8 Å². The largest absolute Gasteiger partial charge is 0.461 e. The standard InChI is InChI=1S/C16H16N6O/c17-16-19-6-11(7-20-16)9-22-4-3-13-12(10-22)8-18-15(21-13)14-2-1-5-23-14/h1-2,5-8H,3-4,9-10H2,(H2,17,19,20). The van der Waals surface area contributed by atoms with E-state index in [0.717, 1.165) is 42.9 Å². The summed E-state index contributed by atoms with van der Waals surface area (Å²) in [6.07, 6.45) is 7.96. The molecule has 116 valence electrons. The van der Waals surface area contributed by atoms with Gasteiger partial charge in [-0.2, -0.15) is 0 Å². The Morgan fingerprint density at radius 2 is 2.04 bits per heavy atom. The second kappa shape index (κ2) is 5.77. The van der Waals surface area contributed by atoms with E-state index in [-0.39, 0.29) is 0 Å². The molecule has 0 fully saturated rings. The van der Waals surface area contributed by atoms with E-state index in [4.69, 9.17) is 10.2 Å². The number of hydrogen-bond donors (Lipinski definition) is 1. The molecule has 0 unspecified atom stereocenters. The Labute approximate surface area is 133 Å². The molecule has 3 aromatic heterocycles. The minimum absolute atomic E-state index is 0.302. The predicted octanol–water partition coefficient (Wildman–Crippen LogP) is 1.67. The molecule has 0 bridgehead atoms. The Hall–Kier alpha value is -2.80. The highest BCUT2D eigenvalue weighted by Crippen LogP contribution is 2.22. The Morgan fingerprint density at radius 3 is 2.83 bits per heavy atom. The molecular weight excluding hydrogens is 292 g/mol. The molecule has 0 aliphatic carbocycles. The topological polar surface area (TPSA) is 94.0 Å². The van der Waals surface area contributed by atoms with Crippen molar-refractivity contribution in [3.63, 3.8) is 0 Å². The van der Waals surface area contributed by atoms with Gasteiger partial charge in [-0.05, 0) is 12.1 Å². The van der Waals surface area contributed by atoms with E-state index in [1.54, 1.807) is 18.7 Å². The number of nitrogens with zero attached hydrogens (tertiary/aromatic N) is 5. The Bertz CT molecular complexity index is 800. The van der Waals surface area contributed by atoms with Crippen LogP contribution in [0.25, 0.3) is 11.6 Å². The minimum atomic E-state index is 0.302. The second-order valence-electron chi connectivity index (χ2n) is 5.55. The van der Waals surface area contributed by atoms with Crippen LogP contribution in [0.15, 0.2) is 41.4 Å². The van der Waals surface area contributed by atoms with Crippen LogP contribution < -0.4 is 5.73 Å². The van der Waals surface area contributed by atoms with Crippen LogP contribution in [-0.2, 0) is 19.5 Å². The molecule has 0 spiro atoms. The fraction of sp³-hybridized carbons (Fsp3) is 0.250. The van der Waals surface area contributed by atoms with Crippen molar-refractivity contribution in [3.8, 4) is 11.6 Å². The number of anilines is 1. The third kappa shape index (κ3) is 2.91. The third-order valence-corrected chi connectivity index (χ3v) is 3.89. The van der Waals surface area contributed by atoms with Gasteiger partial charge in [0.2, 0.25) is 5.95 Å². The van der Waals surface area contributed by atoms with Gasteiger partial charge in [0.25, 0.3) is 0 Å². The van der Waals surface area contributed by atoms with Crippen molar-refractivity contribution in [2.75, 3.05) is 12.3 Å². The van der Waals surface area contributed by atoms with Crippen LogP contribution in [0.2, 0.25) is 0 Å². The molecule has 3 aromatic rings. The zero-order valence-corrected chi connectivity index (χ0v) is 12.5. The summed E-state index contributed by atoms with van der Waals surface area (Å²) in [5.74, 6) is 1.65. The first-order valence-corrected chi connectivity index (χ1v) is 7.45. The molecule has 7 heteroatoms. The van der Waals surface area contributed by atoms with Crippen LogP contribution >= 0.6 is 0 Å². The maximum atomic E-state index is 5.52. The number of nitrogen functional groups attached to an aromatic ring is 1. The normalized spacial score (nSPS) is 14.6. The highest BCUT2D eigenvalue weighted by molar-refractivity contribution is 5.46. The number of aromatic nitrogens is 4. The van der Waals surface area contributed by atoms with Gasteiger partial charge in [0.1, 0.15) is 0 Å². The Morgan fingerprint density at radius 1 is 1.17 bits per heavy atom. The van der Waals surface area contributed by atoms with Crippen molar-refractivity contribution < 1.29 is 4.42 Å². The lowest BCUT2D eigenvalue weighted by Gasteiger charge is -2.27. The van der Waals surface area contributed by atoms with Crippen molar-refractivity contribution in [2.45, 2.75) is 19.5 Å². The van der Waals surface area contributed by atoms with E-state index in [1.807, 2.05) is 18.3 Å². The van der Waals surface area contributed by atoms with Gasteiger partial charge in [0.15, 0.2) is 11.6 Å². The summed E-state index contributed by atoms with van der Waals surface area (Å²) in [7, 11) is 0. The molecule has 0 saturated heterocycles. The maximum Gasteiger partial charge on any atom is 0.219 e. The average molecular weight is 308 g/mol. The van der Waals surface area contributed by atoms with Crippen LogP contribution in [0, 0.1) is 0 Å². The van der Waals surface area contributed by atoms with Crippen LogP contribution in [0.1, 0.15) is 16.8 Å². The molecule has 0 atom stereocenters. The van der Waals surface area contributed by atoms with Gasteiger partial charge in [-0.3, -0.25) is 4.90 Å². The van der Waals surface area contributed by atoms with Crippen LogP contribution in [-0.4, -0.2) is 31.4 Å². The molecule has 7 nitrogen and oxygen atoms in total. The van der Waals surface area contributed by atoms with Crippen molar-refractivity contribution in [2.24, 2.45) is 0 Å². The molecular formula is C16H16N6O. The van der Waals surface area contributed by atoms with Gasteiger partial charge in [0.05, 0.1) is 12.0 Å². The van der Waals surface area contributed by atoms with Gasteiger partial charge in [-0.1, -0.05) is 0 Å². The lowest BCUT2D eigenvalue weighted by molar-refractivity contribution is 0.242. The maximum absolute atomic E-state index is 5.52. The quantitative estimate of drug-likeness (QED) is 0.786. The predicted molar refractivity (Wildman–Crippen MR) is 84.0 cm³/mol. The first-order chi connectivity index (χ1) is 11.3. The highest BCUT2D eigenvalue weighted by Gasteiger charge is 2.19. The van der Waals surface area contributed by atoms with Gasteiger partial charge in [0, 0.05) is 55.8 Å². The first-order valence-electron chi connectivity index (χ1n) is 7.45. The molecule has 4 heterocycles. The summed E-state index contributed by atoms with van der Waals surface area (Å²) < 4.78 is 5.36. The number of fused-ring (bicyclic) bond motifs is 1. The van der Waals surface area contributed by atoms with E-state index in [0.29, 0.717) is 17.5 Å². The van der Waals surface area contributed by atoms with E-state index < -0.39 is 0 Å². The molecule has 2 N–H and O–H groups in total. The van der Waals surface area contributed by atoms with E-state index >= 15 is 0 Å². The zero-order chi connectivity index (χ0) is 15.6. The summed E-state index contributed by atoms with van der Waals surface area (Å²) in [5, 5.41) is 0. The lowest BCUT2D eigenvalue weighted by Crippen LogP contribution is -2.31. The molecule has 23 heavy (non-hydrogen) atoms. The highest BCUT2D eigenvalue weighted by atomic mass is 16.3. The number of hydrogen-bond acceptors (Lipinski definition) is 7. The summed E-state index contributed by atoms with van der Waals surface area (Å²) in [5.41, 5.74) is 8.82. The fourth-order valence-corrected chi connectivity index (χ4v) is 2.74. The van der Waals surface area contributed by atoms with Gasteiger partial charge in [-0.25, -0.2) is 19.9 Å². The molecule has 0 aromatic carbocycles. The summed E-state index contributed by atoms with van der Waals surface area (Å²) in [6.45, 7) is 2.55. The number of rotatable bonds is 3. The summed E-state index contributed by atoms with van der Waals surface area (Å²) in [6, 6.07) is 3.71. The first kappa shape index (κ1) is 13.8. The summed E-state index contributed by atoms with van der Waals surface area (Å²) in [4.78, 5) is 19.4. The van der Waals surface area contributed by atoms with Crippen molar-refractivity contribution in [1.82, 2.24) is 24.8 Å². The fourth-order valence-electron chi connectivity index (χ4n) is 2.74. The zero-order valence-electron chi connectivity index (χ0n) is 12.5. The molecule has 1 aliphatic rings. The SMILES string of the molecule is Nc1ncc(CN2CCc3nc(-c4ccco4)ncc3C2)cn1. The summed E-state index contributed by atoms with van der Waals surface area (Å²) >= 11 is 0. The Balaban J connectivity index is 1.50. The van der Waals surface area contributed by atoms with Crippen LogP contribution in [0.5, 0.6) is 0 Å². The third-order valence-electron chi connectivity index (χ3n) is 3.89. The van der Waals surface area contributed by atoms with Crippen molar-refractivity contribution >= 4 is 5.95 Å². The van der Waals surface area contributed by atoms with Crippen molar-refractivity contribution in [3.05, 3.63) is 53.8 Å². The smallest absolute Gasteiger partial charge is 0.219 e. The Kier molecular flexibility index (Phi) is 3.47. The monoisotopic (exact) mass is 308 g/mol. The molecule has 0 amide bonds. The van der Waals surface area contributed by atoms with Crippen LogP contribution in [0.3, 0.4) is 0 Å². The van der Waals surface area contributed by atoms with Gasteiger partial charge < -0.3 is 10.2 Å². The number of nitrogens with two attached hydrogens (primary N) is 1. The van der Waals surface area contributed by atoms with Crippen LogP contribution in [0.4, 0.5) is 5.95 Å².